The van der Waals surface area contributed by atoms with Gasteiger partial charge in [0.2, 0.25) is 0 Å². The first-order valence-electron chi connectivity index (χ1n) is 12.9. The Balaban J connectivity index is 1.27. The van der Waals surface area contributed by atoms with E-state index in [1.54, 1.807) is 18.3 Å². The molecule has 0 bridgehead atoms. The number of rotatable bonds is 4. The quantitative estimate of drug-likeness (QED) is 0.586. The summed E-state index contributed by atoms with van der Waals surface area (Å²) < 4.78 is 0. The number of aliphatic hydroxyl groups is 1. The van der Waals surface area contributed by atoms with Gasteiger partial charge in [0.15, 0.2) is 11.6 Å². The van der Waals surface area contributed by atoms with Crippen molar-refractivity contribution in [1.29, 1.82) is 0 Å². The van der Waals surface area contributed by atoms with E-state index in [-0.39, 0.29) is 47.3 Å². The van der Waals surface area contributed by atoms with Crippen LogP contribution in [-0.2, 0) is 14.4 Å². The van der Waals surface area contributed by atoms with Gasteiger partial charge in [0.25, 0.3) is 0 Å². The van der Waals surface area contributed by atoms with E-state index in [1.807, 2.05) is 43.3 Å². The molecule has 0 aliphatic heterocycles. The van der Waals surface area contributed by atoms with Crippen molar-refractivity contribution < 1.29 is 19.5 Å². The Bertz CT molecular complexity index is 1360. The van der Waals surface area contributed by atoms with Crippen LogP contribution in [0.1, 0.15) is 46.0 Å². The van der Waals surface area contributed by atoms with E-state index in [2.05, 4.69) is 11.9 Å². The summed E-state index contributed by atoms with van der Waals surface area (Å²) in [6.07, 6.45) is 9.91. The summed E-state index contributed by atoms with van der Waals surface area (Å²) in [7, 11) is 0. The molecule has 1 aromatic heterocycles. The monoisotopic (exact) mass is 501 g/mol. The Morgan fingerprint density at radius 1 is 1.17 bits per heavy atom. The Kier molecular flexibility index (Phi) is 5.44. The fraction of sp³-hybridized carbons (Fsp3) is 0.467. The molecule has 186 valence electrons. The van der Waals surface area contributed by atoms with Crippen LogP contribution in [0, 0.1) is 28.6 Å². The molecule has 4 aliphatic rings. The van der Waals surface area contributed by atoms with Gasteiger partial charge in [-0.25, -0.2) is 4.98 Å². The number of Topliss-reactive ketones (excluding diaryl/α,β-unsaturated/α-hetero) is 2. The Morgan fingerprint density at radius 2 is 1.97 bits per heavy atom. The van der Waals surface area contributed by atoms with Crippen molar-refractivity contribution in [1.82, 2.24) is 4.98 Å². The number of carbonyl (C=O) groups excluding carboxylic acids is 3. The predicted octanol–water partition coefficient (Wildman–Crippen LogP) is 5.11. The van der Waals surface area contributed by atoms with Crippen LogP contribution in [0.3, 0.4) is 0 Å². The minimum atomic E-state index is -1.52. The third-order valence-corrected chi connectivity index (χ3v) is 10.9. The van der Waals surface area contributed by atoms with Crippen molar-refractivity contribution in [3.8, 4) is 0 Å². The minimum Gasteiger partial charge on any atom is -0.381 e. The van der Waals surface area contributed by atoms with Crippen LogP contribution in [0.15, 0.2) is 65.4 Å². The van der Waals surface area contributed by atoms with E-state index in [0.29, 0.717) is 6.42 Å². The fourth-order valence-electron chi connectivity index (χ4n) is 7.95. The lowest BCUT2D eigenvalue weighted by molar-refractivity contribution is -0.165. The average Bonchev–Trinajstić information content (AvgIpc) is 3.13. The molecule has 4 aliphatic carbocycles. The molecule has 6 atom stereocenters. The maximum absolute atomic E-state index is 13.8. The maximum Gasteiger partial charge on any atom is 0.178 e. The van der Waals surface area contributed by atoms with E-state index in [4.69, 9.17) is 0 Å². The number of allylic oxidation sites excluding steroid dienone is 4. The van der Waals surface area contributed by atoms with E-state index in [0.717, 1.165) is 40.6 Å². The third kappa shape index (κ3) is 3.26. The smallest absolute Gasteiger partial charge is 0.178 e. The van der Waals surface area contributed by atoms with Gasteiger partial charge in [-0.1, -0.05) is 61.5 Å². The van der Waals surface area contributed by atoms with Gasteiger partial charge >= 0.3 is 0 Å². The molecular formula is C30H31NO4S. The Labute approximate surface area is 215 Å². The lowest BCUT2D eigenvalue weighted by atomic mass is 9.46. The normalized spacial score (nSPS) is 37.3. The number of carbonyl (C=O) groups is 3. The molecule has 5 nitrogen and oxygen atoms in total. The highest BCUT2D eigenvalue weighted by Crippen LogP contribution is 2.66. The van der Waals surface area contributed by atoms with E-state index in [1.165, 1.54) is 11.8 Å². The summed E-state index contributed by atoms with van der Waals surface area (Å²) in [4.78, 5) is 43.9. The molecule has 5 unspecified atom stereocenters. The van der Waals surface area contributed by atoms with E-state index >= 15 is 0 Å². The lowest BCUT2D eigenvalue weighted by Crippen LogP contribution is -2.60. The number of aromatic nitrogens is 1. The van der Waals surface area contributed by atoms with Gasteiger partial charge in [-0.15, -0.1) is 0 Å². The van der Waals surface area contributed by atoms with Crippen molar-refractivity contribution in [3.63, 3.8) is 0 Å². The van der Waals surface area contributed by atoms with E-state index < -0.39 is 16.4 Å². The van der Waals surface area contributed by atoms with Crippen LogP contribution >= 0.6 is 11.8 Å². The molecule has 6 rings (SSSR count). The SMILES string of the molecule is CC12C=CC(=O)C=C1CCC1C2C(=O)CC2(C)C1CC[C@]2(O)C(=O)CSc1nccc2ccccc12. The Hall–Kier alpha value is -2.57. The number of fused-ring (bicyclic) bond motifs is 6. The number of pyridine rings is 1. The van der Waals surface area contributed by atoms with Crippen molar-refractivity contribution in [3.05, 3.63) is 60.3 Å². The molecule has 3 saturated carbocycles. The molecular weight excluding hydrogens is 470 g/mol. The fourth-order valence-corrected chi connectivity index (χ4v) is 8.94. The van der Waals surface area contributed by atoms with Crippen molar-refractivity contribution in [2.45, 2.75) is 56.6 Å². The summed E-state index contributed by atoms with van der Waals surface area (Å²) in [5, 5.41) is 14.8. The van der Waals surface area contributed by atoms with Crippen LogP contribution in [-0.4, -0.2) is 38.8 Å². The second-order valence-corrected chi connectivity index (χ2v) is 12.4. The van der Waals surface area contributed by atoms with Crippen LogP contribution in [0.2, 0.25) is 0 Å². The van der Waals surface area contributed by atoms with Crippen LogP contribution in [0.4, 0.5) is 0 Å². The molecule has 36 heavy (non-hydrogen) atoms. The number of thioether (sulfide) groups is 1. The Morgan fingerprint density at radius 3 is 2.81 bits per heavy atom. The number of nitrogens with zero attached hydrogens (tertiary/aromatic N) is 1. The highest BCUT2D eigenvalue weighted by molar-refractivity contribution is 8.00. The number of hydrogen-bond donors (Lipinski definition) is 1. The van der Waals surface area contributed by atoms with E-state index in [9.17, 15) is 19.5 Å². The van der Waals surface area contributed by atoms with Crippen molar-refractivity contribution >= 4 is 39.9 Å². The highest BCUT2D eigenvalue weighted by atomic mass is 32.2. The predicted molar refractivity (Wildman–Crippen MR) is 139 cm³/mol. The molecule has 0 spiro atoms. The molecule has 3 fully saturated rings. The van der Waals surface area contributed by atoms with Crippen molar-refractivity contribution in [2.24, 2.45) is 28.6 Å². The summed E-state index contributed by atoms with van der Waals surface area (Å²) >= 11 is 1.37. The topological polar surface area (TPSA) is 84.3 Å². The van der Waals surface area contributed by atoms with Gasteiger partial charge in [0.05, 0.1) is 5.75 Å². The number of benzene rings is 1. The summed E-state index contributed by atoms with van der Waals surface area (Å²) in [5.41, 5.74) is -1.70. The highest BCUT2D eigenvalue weighted by Gasteiger charge is 2.68. The first kappa shape index (κ1) is 23.8. The molecule has 1 N–H and O–H groups in total. The second-order valence-electron chi connectivity index (χ2n) is 11.5. The van der Waals surface area contributed by atoms with Gasteiger partial charge in [-0.2, -0.15) is 0 Å². The van der Waals surface area contributed by atoms with Gasteiger partial charge in [-0.3, -0.25) is 14.4 Å². The van der Waals surface area contributed by atoms with Gasteiger partial charge in [0, 0.05) is 34.8 Å². The average molecular weight is 502 g/mol. The lowest BCUT2D eigenvalue weighted by Gasteiger charge is -2.56. The molecule has 1 heterocycles. The van der Waals surface area contributed by atoms with Crippen LogP contribution in [0.25, 0.3) is 10.8 Å². The molecule has 0 saturated heterocycles. The first-order chi connectivity index (χ1) is 17.2. The molecule has 0 radical (unpaired) electrons. The third-order valence-electron chi connectivity index (χ3n) is 9.85. The first-order valence-corrected chi connectivity index (χ1v) is 13.9. The summed E-state index contributed by atoms with van der Waals surface area (Å²) in [5.74, 6) is 0.0216. The minimum absolute atomic E-state index is 0.00644. The number of ketones is 3. The molecule has 2 aromatic rings. The van der Waals surface area contributed by atoms with Crippen LogP contribution in [0.5, 0.6) is 0 Å². The largest absolute Gasteiger partial charge is 0.381 e. The zero-order chi connectivity index (χ0) is 25.3. The van der Waals surface area contributed by atoms with Gasteiger partial charge in [-0.05, 0) is 61.1 Å². The molecule has 0 amide bonds. The zero-order valence-corrected chi connectivity index (χ0v) is 21.5. The van der Waals surface area contributed by atoms with Crippen molar-refractivity contribution in [2.75, 3.05) is 5.75 Å². The van der Waals surface area contributed by atoms with Gasteiger partial charge in [0.1, 0.15) is 16.4 Å². The maximum atomic E-state index is 13.8. The zero-order valence-electron chi connectivity index (χ0n) is 20.7. The van der Waals surface area contributed by atoms with Gasteiger partial charge < -0.3 is 5.11 Å². The standard InChI is InChI=1S/C30H31NO4S/c1-28-12-9-20(32)15-19(28)7-8-22-23-10-13-30(35,29(23,2)16-24(33)26(22)28)25(34)17-36-27-21-6-4-3-5-18(21)11-14-31-27/h3-6,9,11-12,14-15,22-23,26,35H,7-8,10,13,16-17H2,1-2H3/t22?,23?,26?,28?,29?,30-/m0/s1. The summed E-state index contributed by atoms with van der Waals surface area (Å²) in [6.45, 7) is 4.05. The molecule has 6 heteroatoms. The van der Waals surface area contributed by atoms with Crippen LogP contribution < -0.4 is 0 Å². The second kappa shape index (κ2) is 8.22. The summed E-state index contributed by atoms with van der Waals surface area (Å²) in [6, 6.07) is 9.90. The number of hydrogen-bond acceptors (Lipinski definition) is 6. The molecule has 1 aromatic carbocycles.